The van der Waals surface area contributed by atoms with Crippen molar-refractivity contribution in [2.45, 2.75) is 11.8 Å². The number of hydrogen-bond acceptors (Lipinski definition) is 6. The van der Waals surface area contributed by atoms with E-state index in [1.54, 1.807) is 65.5 Å². The molecule has 7 nitrogen and oxygen atoms in total. The topological polar surface area (TPSA) is 85.8 Å². The number of halogens is 4. The first-order chi connectivity index (χ1) is 17.7. The van der Waals surface area contributed by atoms with Crippen LogP contribution in [0.15, 0.2) is 74.7 Å². The first kappa shape index (κ1) is 25.8. The van der Waals surface area contributed by atoms with Gasteiger partial charge in [-0.3, -0.25) is 9.36 Å². The lowest BCUT2D eigenvalue weighted by Crippen LogP contribution is -2.18. The highest BCUT2D eigenvalue weighted by Crippen LogP contribution is 2.38. The molecule has 0 spiro atoms. The zero-order chi connectivity index (χ0) is 26.3. The molecule has 5 aromatic rings. The molecule has 0 unspecified atom stereocenters. The molecule has 0 atom stereocenters. The zero-order valence-electron chi connectivity index (χ0n) is 18.8. The minimum Gasteiger partial charge on any atom is -0.416 e. The quantitative estimate of drug-likeness (QED) is 0.190. The molecule has 1 amide bonds. The molecule has 0 fully saturated rings. The van der Waals surface area contributed by atoms with Crippen molar-refractivity contribution >= 4 is 75.0 Å². The number of thiol groups is 1. The summed E-state index contributed by atoms with van der Waals surface area (Å²) in [5.74, 6) is 0.329. The van der Waals surface area contributed by atoms with Gasteiger partial charge >= 0.3 is 0 Å². The monoisotopic (exact) mass is 633 g/mol. The number of nitrogens with one attached hydrogen (secondary N) is 1. The molecule has 3 aromatic heterocycles. The number of hydrogen-bond donors (Lipinski definition) is 2. The van der Waals surface area contributed by atoms with Gasteiger partial charge in [0.1, 0.15) is 5.69 Å². The molecule has 0 aliphatic rings. The molecular formula is C25H15BrCl3N5O2S. The summed E-state index contributed by atoms with van der Waals surface area (Å²) in [5.41, 5.74) is 2.39. The van der Waals surface area contributed by atoms with Crippen LogP contribution in [-0.2, 0) is 0 Å². The zero-order valence-corrected chi connectivity index (χ0v) is 23.6. The molecule has 186 valence electrons. The third-order valence-electron chi connectivity index (χ3n) is 5.39. The van der Waals surface area contributed by atoms with Crippen molar-refractivity contribution in [1.29, 1.82) is 0 Å². The molecule has 2 aromatic carbocycles. The second-order valence-corrected chi connectivity index (χ2v) is 10.5. The summed E-state index contributed by atoms with van der Waals surface area (Å²) in [6, 6.07) is 13.7. The summed E-state index contributed by atoms with van der Waals surface area (Å²) in [4.78, 5) is 18.4. The lowest BCUT2D eigenvalue weighted by molar-refractivity contribution is 0.102. The van der Waals surface area contributed by atoms with Gasteiger partial charge < -0.3 is 9.73 Å². The van der Waals surface area contributed by atoms with E-state index in [1.807, 2.05) is 6.92 Å². The number of benzene rings is 2. The molecule has 1 N–H and O–H groups in total. The third kappa shape index (κ3) is 5.15. The maximum Gasteiger partial charge on any atom is 0.272 e. The molecule has 0 radical (unpaired) electrons. The first-order valence-corrected chi connectivity index (χ1v) is 13.0. The van der Waals surface area contributed by atoms with E-state index < -0.39 is 5.91 Å². The predicted molar refractivity (Wildman–Crippen MR) is 151 cm³/mol. The molecule has 0 bridgehead atoms. The van der Waals surface area contributed by atoms with Gasteiger partial charge in [0.2, 0.25) is 5.89 Å². The summed E-state index contributed by atoms with van der Waals surface area (Å²) in [5, 5.41) is 12.5. The summed E-state index contributed by atoms with van der Waals surface area (Å²) >= 11 is 26.9. The highest BCUT2D eigenvalue weighted by atomic mass is 79.9. The average molecular weight is 636 g/mol. The summed E-state index contributed by atoms with van der Waals surface area (Å²) in [6.45, 7) is 1.81. The summed E-state index contributed by atoms with van der Waals surface area (Å²) in [6.07, 6.45) is 3.31. The van der Waals surface area contributed by atoms with Gasteiger partial charge in [-0.05, 0) is 70.9 Å². The Labute approximate surface area is 240 Å². The van der Waals surface area contributed by atoms with Crippen molar-refractivity contribution in [2.75, 3.05) is 5.32 Å². The molecule has 0 aliphatic heterocycles. The van der Waals surface area contributed by atoms with E-state index in [9.17, 15) is 4.79 Å². The summed E-state index contributed by atoms with van der Waals surface area (Å²) < 4.78 is 8.24. The minimum atomic E-state index is -0.414. The van der Waals surface area contributed by atoms with Crippen LogP contribution in [-0.4, -0.2) is 25.7 Å². The number of carbonyl (C=O) groups excluding carboxylic acids is 1. The fourth-order valence-corrected chi connectivity index (χ4v) is 5.28. The van der Waals surface area contributed by atoms with Gasteiger partial charge in [-0.2, -0.15) is 0 Å². The van der Waals surface area contributed by atoms with Gasteiger partial charge in [0, 0.05) is 26.8 Å². The van der Waals surface area contributed by atoms with Gasteiger partial charge in [-0.15, -0.1) is 22.8 Å². The Morgan fingerprint density at radius 2 is 1.81 bits per heavy atom. The second kappa shape index (κ2) is 10.5. The minimum absolute atomic E-state index is 0.146. The van der Waals surface area contributed by atoms with E-state index in [0.717, 1.165) is 0 Å². The molecule has 5 rings (SSSR count). The van der Waals surface area contributed by atoms with Crippen LogP contribution >= 0.6 is 63.4 Å². The molecule has 12 heteroatoms. The van der Waals surface area contributed by atoms with Gasteiger partial charge in [0.25, 0.3) is 11.8 Å². The molecule has 0 saturated carbocycles. The van der Waals surface area contributed by atoms with Crippen molar-refractivity contribution in [3.8, 4) is 28.7 Å². The normalized spacial score (nSPS) is 11.1. The van der Waals surface area contributed by atoms with Crippen LogP contribution in [0.4, 0.5) is 5.69 Å². The largest absolute Gasteiger partial charge is 0.416 e. The third-order valence-corrected chi connectivity index (χ3v) is 7.02. The first-order valence-electron chi connectivity index (χ1n) is 10.6. The maximum atomic E-state index is 13.5. The number of anilines is 1. The fraction of sp³-hybridized carbons (Fsp3) is 0.0400. The number of amides is 1. The van der Waals surface area contributed by atoms with Crippen LogP contribution < -0.4 is 5.32 Å². The van der Waals surface area contributed by atoms with E-state index in [-0.39, 0.29) is 11.8 Å². The van der Waals surface area contributed by atoms with Gasteiger partial charge in [-0.25, -0.2) is 4.98 Å². The number of aromatic nitrogens is 4. The Balaban J connectivity index is 1.56. The van der Waals surface area contributed by atoms with Crippen LogP contribution in [0.5, 0.6) is 0 Å². The molecule has 0 aliphatic carbocycles. The molecule has 3 heterocycles. The predicted octanol–water partition coefficient (Wildman–Crippen LogP) is 8.16. The Morgan fingerprint density at radius 1 is 1.05 bits per heavy atom. The fourth-order valence-electron chi connectivity index (χ4n) is 3.75. The number of nitrogens with zero attached hydrogens (tertiary/aromatic N) is 4. The van der Waals surface area contributed by atoms with Crippen LogP contribution in [0, 0.1) is 6.92 Å². The Bertz CT molecular complexity index is 1650. The van der Waals surface area contributed by atoms with Gasteiger partial charge in [0.15, 0.2) is 5.82 Å². The van der Waals surface area contributed by atoms with Crippen molar-refractivity contribution in [1.82, 2.24) is 19.7 Å². The van der Waals surface area contributed by atoms with Crippen molar-refractivity contribution < 1.29 is 9.21 Å². The van der Waals surface area contributed by atoms with Crippen molar-refractivity contribution in [3.63, 3.8) is 0 Å². The van der Waals surface area contributed by atoms with Crippen LogP contribution in [0.2, 0.25) is 15.1 Å². The number of pyridine rings is 1. The SMILES string of the molecule is Cc1cc(Cl)cc(-c2nnc(-c3c(S)cccc3Cl)o2)c1NC(=O)c1cc(Br)cn1-c1ncccc1Cl. The second-order valence-electron chi connectivity index (χ2n) is 7.87. The van der Waals surface area contributed by atoms with Crippen LogP contribution in [0.3, 0.4) is 0 Å². The Morgan fingerprint density at radius 3 is 2.57 bits per heavy atom. The molecule has 0 saturated heterocycles. The molecule has 37 heavy (non-hydrogen) atoms. The Kier molecular flexibility index (Phi) is 7.33. The number of aryl methyl sites for hydroxylation is 1. The highest BCUT2D eigenvalue weighted by molar-refractivity contribution is 9.10. The standard InChI is InChI=1S/C25H15BrCl3N5O2S/c1-12-8-14(27)10-15(24-32-33-25(36-24)20-16(28)4-2-6-19(20)37)21(12)31-23(35)18-9-13(26)11-34(18)22-17(29)5-3-7-30-22/h2-11,37H,1H3,(H,31,35). The van der Waals surface area contributed by atoms with Gasteiger partial charge in [-0.1, -0.05) is 40.9 Å². The van der Waals surface area contributed by atoms with Crippen molar-refractivity contribution in [3.05, 3.63) is 91.7 Å². The highest BCUT2D eigenvalue weighted by Gasteiger charge is 2.23. The average Bonchev–Trinajstić information content (AvgIpc) is 3.48. The number of rotatable bonds is 5. The van der Waals surface area contributed by atoms with Crippen LogP contribution in [0.1, 0.15) is 16.1 Å². The van der Waals surface area contributed by atoms with E-state index in [2.05, 4.69) is 49.1 Å². The van der Waals surface area contributed by atoms with Gasteiger partial charge in [0.05, 0.1) is 26.9 Å². The lowest BCUT2D eigenvalue weighted by Gasteiger charge is -2.14. The van der Waals surface area contributed by atoms with Crippen molar-refractivity contribution in [2.24, 2.45) is 0 Å². The molecular weight excluding hydrogens is 621 g/mol. The number of carbonyl (C=O) groups is 1. The van der Waals surface area contributed by atoms with E-state index >= 15 is 0 Å². The summed E-state index contributed by atoms with van der Waals surface area (Å²) in [7, 11) is 0. The van der Waals surface area contributed by atoms with E-state index in [4.69, 9.17) is 39.2 Å². The Hall–Kier alpha value is -2.82. The van der Waals surface area contributed by atoms with Crippen LogP contribution in [0.25, 0.3) is 28.7 Å². The smallest absolute Gasteiger partial charge is 0.272 e. The van der Waals surface area contributed by atoms with E-state index in [0.29, 0.717) is 58.3 Å². The maximum absolute atomic E-state index is 13.5. The van der Waals surface area contributed by atoms with E-state index in [1.165, 1.54) is 0 Å². The lowest BCUT2D eigenvalue weighted by atomic mass is 10.1.